The molecule has 0 amide bonds. The molecule has 54 valence electrons. The summed E-state index contributed by atoms with van der Waals surface area (Å²) in [6.07, 6.45) is 5.83. The smallest absolute Gasteiger partial charge is 0.114 e. The predicted molar refractivity (Wildman–Crippen MR) is 40.4 cm³/mol. The Bertz CT molecular complexity index is 191. The fraction of sp³-hybridized carbons (Fsp3) is 0.429. The summed E-state index contributed by atoms with van der Waals surface area (Å²) >= 11 is 0. The second-order valence-electron chi connectivity index (χ2n) is 2.16. The Hall–Kier alpha value is -1.12. The first kappa shape index (κ1) is 6.99. The Balaban J connectivity index is 2.73. The molecule has 1 rings (SSSR count). The summed E-state index contributed by atoms with van der Waals surface area (Å²) in [6, 6.07) is 0. The highest BCUT2D eigenvalue weighted by Crippen LogP contribution is 2.10. The highest BCUT2D eigenvalue weighted by molar-refractivity contribution is 5.62. The Labute approximate surface area is 60.0 Å². The molecule has 0 radical (unpaired) electrons. The maximum atomic E-state index is 7.05. The number of hydrogen-bond donors (Lipinski definition) is 2. The molecule has 1 heterocycles. The monoisotopic (exact) mass is 137 g/mol. The Morgan fingerprint density at radius 1 is 1.90 bits per heavy atom. The highest BCUT2D eigenvalue weighted by atomic mass is 14.9. The van der Waals surface area contributed by atoms with Crippen molar-refractivity contribution in [2.24, 2.45) is 0 Å². The topological polar surface area (TPSA) is 52.5 Å². The predicted octanol–water partition coefficient (Wildman–Crippen LogP) is 1.55. The number of rotatable bonds is 3. The number of imidazole rings is 1. The minimum atomic E-state index is 0.162. The normalized spacial score (nSPS) is 12.9. The van der Waals surface area contributed by atoms with Gasteiger partial charge in [-0.2, -0.15) is 0 Å². The number of nitrogens with zero attached hydrogens (tertiary/aromatic N) is 1. The average molecular weight is 137 g/mol. The van der Waals surface area contributed by atoms with Gasteiger partial charge < -0.3 is 10.4 Å². The van der Waals surface area contributed by atoms with Gasteiger partial charge in [-0.05, 0) is 6.42 Å². The molecule has 0 aliphatic carbocycles. The van der Waals surface area contributed by atoms with E-state index in [2.05, 4.69) is 9.97 Å². The molecule has 0 unspecified atom stereocenters. The molecule has 3 heteroatoms. The van der Waals surface area contributed by atoms with Crippen LogP contribution in [0.25, 0.3) is 0 Å². The van der Waals surface area contributed by atoms with Crippen molar-refractivity contribution in [1.29, 1.82) is 5.41 Å². The summed E-state index contributed by atoms with van der Waals surface area (Å²) in [5, 5.41) is 7.05. The first-order valence-corrected chi connectivity index (χ1v) is 3.38. The van der Waals surface area contributed by atoms with Crippen molar-refractivity contribution >= 4 is 6.21 Å². The summed E-state index contributed by atoms with van der Waals surface area (Å²) < 4.78 is 0. The van der Waals surface area contributed by atoms with Crippen LogP contribution in [-0.4, -0.2) is 16.2 Å². The zero-order valence-electron chi connectivity index (χ0n) is 5.96. The first-order chi connectivity index (χ1) is 4.88. The first-order valence-electron chi connectivity index (χ1n) is 3.38. The molecule has 0 saturated carbocycles. The van der Waals surface area contributed by atoms with Crippen molar-refractivity contribution in [3.05, 3.63) is 18.2 Å². The Morgan fingerprint density at radius 2 is 2.70 bits per heavy atom. The molecule has 0 aliphatic rings. The molecule has 1 atom stereocenters. The molecule has 0 fully saturated rings. The summed E-state index contributed by atoms with van der Waals surface area (Å²) in [6.45, 7) is 2.04. The number of nitrogens with one attached hydrogen (secondary N) is 2. The van der Waals surface area contributed by atoms with Crippen LogP contribution in [0, 0.1) is 5.41 Å². The van der Waals surface area contributed by atoms with Gasteiger partial charge in [-0.1, -0.05) is 6.92 Å². The maximum absolute atomic E-state index is 7.05. The second-order valence-corrected chi connectivity index (χ2v) is 2.16. The molecule has 0 aromatic carbocycles. The average Bonchev–Trinajstić information content (AvgIpc) is 2.43. The molecule has 10 heavy (non-hydrogen) atoms. The summed E-state index contributed by atoms with van der Waals surface area (Å²) in [7, 11) is 0. The van der Waals surface area contributed by atoms with Crippen LogP contribution in [0.5, 0.6) is 0 Å². The number of hydrogen-bond acceptors (Lipinski definition) is 2. The van der Waals surface area contributed by atoms with Crippen LogP contribution in [-0.2, 0) is 0 Å². The third kappa shape index (κ3) is 1.23. The lowest BCUT2D eigenvalue weighted by Gasteiger charge is -2.02. The second kappa shape index (κ2) is 3.15. The third-order valence-electron chi connectivity index (χ3n) is 1.51. The van der Waals surface area contributed by atoms with Gasteiger partial charge in [0.05, 0.1) is 5.92 Å². The van der Waals surface area contributed by atoms with E-state index in [1.807, 2.05) is 6.92 Å². The van der Waals surface area contributed by atoms with Gasteiger partial charge in [-0.15, -0.1) is 0 Å². The van der Waals surface area contributed by atoms with E-state index in [0.717, 1.165) is 12.2 Å². The molecular formula is C7H11N3. The van der Waals surface area contributed by atoms with E-state index in [1.165, 1.54) is 6.21 Å². The van der Waals surface area contributed by atoms with Gasteiger partial charge in [0.15, 0.2) is 0 Å². The van der Waals surface area contributed by atoms with E-state index < -0.39 is 0 Å². The minimum absolute atomic E-state index is 0.162. The van der Waals surface area contributed by atoms with Crippen molar-refractivity contribution < 1.29 is 0 Å². The van der Waals surface area contributed by atoms with Gasteiger partial charge in [-0.25, -0.2) is 4.98 Å². The molecule has 3 nitrogen and oxygen atoms in total. The van der Waals surface area contributed by atoms with Crippen LogP contribution >= 0.6 is 0 Å². The molecule has 2 N–H and O–H groups in total. The Morgan fingerprint density at radius 3 is 3.10 bits per heavy atom. The number of aromatic amines is 1. The van der Waals surface area contributed by atoms with Crippen LogP contribution in [0.3, 0.4) is 0 Å². The molecule has 1 aromatic rings. The standard InChI is InChI=1S/C7H11N3/c1-2-6(5-8)7-9-3-4-10-7/h3-6,8H,2H2,1H3,(H,9,10)/t6-/m0/s1. The molecule has 0 saturated heterocycles. The highest BCUT2D eigenvalue weighted by Gasteiger charge is 2.06. The molecular weight excluding hydrogens is 126 g/mol. The molecule has 1 aromatic heterocycles. The molecule has 0 bridgehead atoms. The van der Waals surface area contributed by atoms with Gasteiger partial charge in [0.2, 0.25) is 0 Å². The largest absolute Gasteiger partial charge is 0.348 e. The van der Waals surface area contributed by atoms with Gasteiger partial charge in [0, 0.05) is 18.6 Å². The van der Waals surface area contributed by atoms with Gasteiger partial charge in [0.25, 0.3) is 0 Å². The van der Waals surface area contributed by atoms with Crippen LogP contribution in [0.4, 0.5) is 0 Å². The maximum Gasteiger partial charge on any atom is 0.114 e. The zero-order valence-corrected chi connectivity index (χ0v) is 5.96. The fourth-order valence-corrected chi connectivity index (χ4v) is 0.870. The van der Waals surface area contributed by atoms with Crippen LogP contribution in [0.1, 0.15) is 25.1 Å². The van der Waals surface area contributed by atoms with Crippen LogP contribution < -0.4 is 0 Å². The van der Waals surface area contributed by atoms with E-state index in [-0.39, 0.29) is 5.92 Å². The van der Waals surface area contributed by atoms with Crippen molar-refractivity contribution in [3.63, 3.8) is 0 Å². The summed E-state index contributed by atoms with van der Waals surface area (Å²) in [4.78, 5) is 7.03. The minimum Gasteiger partial charge on any atom is -0.348 e. The van der Waals surface area contributed by atoms with Crippen molar-refractivity contribution in [1.82, 2.24) is 9.97 Å². The van der Waals surface area contributed by atoms with E-state index >= 15 is 0 Å². The van der Waals surface area contributed by atoms with Crippen molar-refractivity contribution in [2.75, 3.05) is 0 Å². The molecule has 0 spiro atoms. The van der Waals surface area contributed by atoms with Gasteiger partial charge in [-0.3, -0.25) is 0 Å². The summed E-state index contributed by atoms with van der Waals surface area (Å²) in [5.41, 5.74) is 0. The number of aromatic nitrogens is 2. The quantitative estimate of drug-likeness (QED) is 0.610. The lowest BCUT2D eigenvalue weighted by Crippen LogP contribution is -1.99. The van der Waals surface area contributed by atoms with E-state index in [0.29, 0.717) is 0 Å². The Kier molecular flexibility index (Phi) is 2.20. The van der Waals surface area contributed by atoms with Gasteiger partial charge in [0.1, 0.15) is 5.82 Å². The third-order valence-corrected chi connectivity index (χ3v) is 1.51. The van der Waals surface area contributed by atoms with Gasteiger partial charge >= 0.3 is 0 Å². The van der Waals surface area contributed by atoms with E-state index in [4.69, 9.17) is 5.41 Å². The van der Waals surface area contributed by atoms with E-state index in [1.54, 1.807) is 12.4 Å². The fourth-order valence-electron chi connectivity index (χ4n) is 0.870. The molecule has 0 aliphatic heterocycles. The van der Waals surface area contributed by atoms with Crippen molar-refractivity contribution in [2.45, 2.75) is 19.3 Å². The van der Waals surface area contributed by atoms with Crippen LogP contribution in [0.15, 0.2) is 12.4 Å². The lowest BCUT2D eigenvalue weighted by molar-refractivity contribution is 0.798. The van der Waals surface area contributed by atoms with Crippen molar-refractivity contribution in [3.8, 4) is 0 Å². The van der Waals surface area contributed by atoms with Crippen LogP contribution in [0.2, 0.25) is 0 Å². The number of H-pyrrole nitrogens is 1. The van der Waals surface area contributed by atoms with E-state index in [9.17, 15) is 0 Å². The zero-order chi connectivity index (χ0) is 7.40. The lowest BCUT2D eigenvalue weighted by atomic mass is 10.1. The SMILES string of the molecule is CC[C@@H](C=N)c1ncc[nH]1. The summed E-state index contributed by atoms with van der Waals surface area (Å²) in [5.74, 6) is 1.05.